The largest absolute Gasteiger partial charge is 0.358 e. The highest BCUT2D eigenvalue weighted by atomic mass is 16.2. The monoisotopic (exact) mass is 221 g/mol. The molecule has 1 N–H and O–H groups in total. The number of nitrogens with one attached hydrogen (secondary N) is 1. The van der Waals surface area contributed by atoms with Gasteiger partial charge in [0, 0.05) is 13.1 Å². The Hall–Kier alpha value is -1.08. The fraction of sp³-hybridized carbons (Fsp3) is 0.833. The van der Waals surface area contributed by atoms with Crippen molar-refractivity contribution in [3.8, 4) is 6.07 Å². The Morgan fingerprint density at radius 3 is 2.88 bits per heavy atom. The summed E-state index contributed by atoms with van der Waals surface area (Å²) in [6, 6.07) is 2.71. The maximum atomic E-state index is 11.7. The van der Waals surface area contributed by atoms with Crippen LogP contribution >= 0.6 is 0 Å². The molecule has 0 aromatic heterocycles. The van der Waals surface area contributed by atoms with Crippen LogP contribution in [0, 0.1) is 17.2 Å². The molecule has 1 aliphatic heterocycles. The van der Waals surface area contributed by atoms with Gasteiger partial charge in [-0.1, -0.05) is 6.42 Å². The fourth-order valence-corrected chi connectivity index (χ4v) is 3.12. The van der Waals surface area contributed by atoms with Gasteiger partial charge in [-0.2, -0.15) is 5.26 Å². The Bertz CT molecular complexity index is 310. The molecule has 2 aliphatic rings. The molecule has 16 heavy (non-hydrogen) atoms. The molecular formula is C12H19N3O. The molecule has 2 rings (SSSR count). The lowest BCUT2D eigenvalue weighted by atomic mass is 10.0. The predicted molar refractivity (Wildman–Crippen MR) is 60.5 cm³/mol. The lowest BCUT2D eigenvalue weighted by Crippen LogP contribution is -2.47. The fourth-order valence-electron chi connectivity index (χ4n) is 3.12. The second-order valence-corrected chi connectivity index (χ2v) is 4.74. The average molecular weight is 221 g/mol. The summed E-state index contributed by atoms with van der Waals surface area (Å²) in [6.07, 6.45) is 5.21. The van der Waals surface area contributed by atoms with Gasteiger partial charge >= 0.3 is 0 Å². The van der Waals surface area contributed by atoms with Crippen molar-refractivity contribution in [2.75, 3.05) is 13.6 Å². The summed E-state index contributed by atoms with van der Waals surface area (Å²) in [4.78, 5) is 14.0. The number of carbonyl (C=O) groups excluding carboxylic acids is 1. The summed E-state index contributed by atoms with van der Waals surface area (Å²) in [5.74, 6) is 0.242. The maximum Gasteiger partial charge on any atom is 0.237 e. The van der Waals surface area contributed by atoms with Crippen molar-refractivity contribution in [3.63, 3.8) is 0 Å². The van der Waals surface area contributed by atoms with Crippen molar-refractivity contribution < 1.29 is 4.79 Å². The Balaban J connectivity index is 2.08. The van der Waals surface area contributed by atoms with Crippen molar-refractivity contribution in [2.24, 2.45) is 5.92 Å². The van der Waals surface area contributed by atoms with E-state index >= 15 is 0 Å². The molecule has 0 spiro atoms. The van der Waals surface area contributed by atoms with Gasteiger partial charge < -0.3 is 5.32 Å². The van der Waals surface area contributed by atoms with Crippen LogP contribution in [0.25, 0.3) is 0 Å². The summed E-state index contributed by atoms with van der Waals surface area (Å²) in [5, 5.41) is 11.8. The van der Waals surface area contributed by atoms with E-state index in [-0.39, 0.29) is 17.9 Å². The average Bonchev–Trinajstić information content (AvgIpc) is 2.94. The zero-order chi connectivity index (χ0) is 11.5. The van der Waals surface area contributed by atoms with Gasteiger partial charge in [0.05, 0.1) is 18.0 Å². The zero-order valence-corrected chi connectivity index (χ0v) is 9.78. The smallest absolute Gasteiger partial charge is 0.237 e. The van der Waals surface area contributed by atoms with E-state index < -0.39 is 0 Å². The Labute approximate surface area is 96.6 Å². The van der Waals surface area contributed by atoms with E-state index in [1.54, 1.807) is 7.05 Å². The third-order valence-corrected chi connectivity index (χ3v) is 3.91. The molecule has 0 aromatic rings. The van der Waals surface area contributed by atoms with Crippen LogP contribution in [-0.4, -0.2) is 36.5 Å². The molecule has 0 bridgehead atoms. The highest BCUT2D eigenvalue weighted by Gasteiger charge is 2.40. The topological polar surface area (TPSA) is 56.1 Å². The standard InChI is InChI=1S/C12H19N3O/c1-14-12(16)11-6-3-7-15(11)10-5-2-4-9(10)8-13/h9-11H,2-7H2,1H3,(H,14,16). The van der Waals surface area contributed by atoms with Gasteiger partial charge in [0.1, 0.15) is 0 Å². The van der Waals surface area contributed by atoms with Crippen LogP contribution in [0.3, 0.4) is 0 Å². The van der Waals surface area contributed by atoms with E-state index in [0.717, 1.165) is 38.6 Å². The van der Waals surface area contributed by atoms with Gasteiger partial charge in [0.2, 0.25) is 5.91 Å². The summed E-state index contributed by atoms with van der Waals surface area (Å²) in [6.45, 7) is 0.973. The summed E-state index contributed by atoms with van der Waals surface area (Å²) >= 11 is 0. The molecule has 1 saturated carbocycles. The first-order valence-corrected chi connectivity index (χ1v) is 6.15. The van der Waals surface area contributed by atoms with Crippen molar-refractivity contribution >= 4 is 5.91 Å². The van der Waals surface area contributed by atoms with Crippen molar-refractivity contribution in [3.05, 3.63) is 0 Å². The third-order valence-electron chi connectivity index (χ3n) is 3.91. The van der Waals surface area contributed by atoms with Crippen molar-refractivity contribution in [1.82, 2.24) is 10.2 Å². The number of hydrogen-bond donors (Lipinski definition) is 1. The number of nitriles is 1. The molecule has 2 fully saturated rings. The van der Waals surface area contributed by atoms with E-state index in [2.05, 4.69) is 16.3 Å². The van der Waals surface area contributed by atoms with Crippen molar-refractivity contribution in [1.29, 1.82) is 5.26 Å². The zero-order valence-electron chi connectivity index (χ0n) is 9.78. The predicted octanol–water partition coefficient (Wildman–Crippen LogP) is 0.889. The summed E-state index contributed by atoms with van der Waals surface area (Å²) in [7, 11) is 1.69. The van der Waals surface area contributed by atoms with E-state index in [9.17, 15) is 4.79 Å². The number of likely N-dealkylation sites (tertiary alicyclic amines) is 1. The second kappa shape index (κ2) is 4.84. The lowest BCUT2D eigenvalue weighted by molar-refractivity contribution is -0.125. The SMILES string of the molecule is CNC(=O)C1CCCN1C1CCCC1C#N. The minimum atomic E-state index is 0.00366. The Morgan fingerprint density at radius 2 is 2.19 bits per heavy atom. The van der Waals surface area contributed by atoms with Crippen LogP contribution in [0.5, 0.6) is 0 Å². The van der Waals surface area contributed by atoms with E-state index in [1.807, 2.05) is 0 Å². The quantitative estimate of drug-likeness (QED) is 0.753. The molecule has 0 radical (unpaired) electrons. The number of likely N-dealkylation sites (N-methyl/N-ethyl adjacent to an activating group) is 1. The molecule has 3 atom stereocenters. The lowest BCUT2D eigenvalue weighted by Gasteiger charge is -2.31. The van der Waals surface area contributed by atoms with Gasteiger partial charge in [-0.3, -0.25) is 9.69 Å². The highest BCUT2D eigenvalue weighted by Crippen LogP contribution is 2.34. The number of carbonyl (C=O) groups is 1. The Morgan fingerprint density at radius 1 is 1.38 bits per heavy atom. The Kier molecular flexibility index (Phi) is 3.45. The van der Waals surface area contributed by atoms with Gasteiger partial charge in [0.25, 0.3) is 0 Å². The summed E-state index contributed by atoms with van der Waals surface area (Å²) in [5.41, 5.74) is 0. The molecule has 4 nitrogen and oxygen atoms in total. The number of nitrogens with zero attached hydrogens (tertiary/aromatic N) is 2. The summed E-state index contributed by atoms with van der Waals surface area (Å²) < 4.78 is 0. The van der Waals surface area contributed by atoms with Crippen LogP contribution in [0.2, 0.25) is 0 Å². The minimum absolute atomic E-state index is 0.00366. The van der Waals surface area contributed by atoms with Gasteiger partial charge in [-0.05, 0) is 32.2 Å². The molecule has 3 unspecified atom stereocenters. The molecule has 1 amide bonds. The van der Waals surface area contributed by atoms with Crippen LogP contribution in [0.15, 0.2) is 0 Å². The van der Waals surface area contributed by atoms with Crippen LogP contribution < -0.4 is 5.32 Å². The third kappa shape index (κ3) is 1.92. The van der Waals surface area contributed by atoms with E-state index in [0.29, 0.717) is 6.04 Å². The van der Waals surface area contributed by atoms with Crippen LogP contribution in [0.1, 0.15) is 32.1 Å². The first kappa shape index (κ1) is 11.4. The number of rotatable bonds is 2. The first-order chi connectivity index (χ1) is 7.77. The van der Waals surface area contributed by atoms with Gasteiger partial charge in [-0.15, -0.1) is 0 Å². The van der Waals surface area contributed by atoms with Crippen LogP contribution in [0.4, 0.5) is 0 Å². The molecule has 88 valence electrons. The number of hydrogen-bond acceptors (Lipinski definition) is 3. The number of amides is 1. The van der Waals surface area contributed by atoms with Crippen molar-refractivity contribution in [2.45, 2.75) is 44.2 Å². The first-order valence-electron chi connectivity index (χ1n) is 6.15. The van der Waals surface area contributed by atoms with E-state index in [1.165, 1.54) is 0 Å². The van der Waals surface area contributed by atoms with Gasteiger partial charge in [-0.25, -0.2) is 0 Å². The molecule has 1 saturated heterocycles. The van der Waals surface area contributed by atoms with Crippen LogP contribution in [-0.2, 0) is 4.79 Å². The highest BCUT2D eigenvalue weighted by molar-refractivity contribution is 5.81. The molecule has 4 heteroatoms. The minimum Gasteiger partial charge on any atom is -0.358 e. The van der Waals surface area contributed by atoms with Gasteiger partial charge in [0.15, 0.2) is 0 Å². The molecule has 1 heterocycles. The molecule has 1 aliphatic carbocycles. The normalized spacial score (nSPS) is 34.9. The molecular weight excluding hydrogens is 202 g/mol. The maximum absolute atomic E-state index is 11.7. The second-order valence-electron chi connectivity index (χ2n) is 4.74. The van der Waals surface area contributed by atoms with E-state index in [4.69, 9.17) is 5.26 Å². The molecule has 0 aromatic carbocycles.